The second kappa shape index (κ2) is 8.30. The number of hydrogen-bond acceptors (Lipinski definition) is 3. The fourth-order valence-electron chi connectivity index (χ4n) is 2.64. The summed E-state index contributed by atoms with van der Waals surface area (Å²) in [7, 11) is 0. The van der Waals surface area contributed by atoms with Crippen LogP contribution in [0.3, 0.4) is 0 Å². The number of amides is 2. The molecule has 0 saturated carbocycles. The Morgan fingerprint density at radius 3 is 2.72 bits per heavy atom. The molecule has 1 unspecified atom stereocenters. The molecule has 2 amide bonds. The number of benzene rings is 1. The highest BCUT2D eigenvalue weighted by Crippen LogP contribution is 2.11. The minimum atomic E-state index is -0.339. The molecule has 2 heterocycles. The molecule has 3 N–H and O–H groups in total. The standard InChI is InChI=1S/C19H21N3O3/c23-18(14-6-2-1-3-7-14)22-17(12-15-8-4-10-20-15)19(24)21-13-16-9-5-11-25-16/h1-4,6-8,10,12,16,20H,5,9,11,13H2,(H,21,24)(H,22,23)/b17-12-. The van der Waals surface area contributed by atoms with Crippen LogP contribution in [0.15, 0.2) is 54.4 Å². The molecule has 1 aliphatic rings. The van der Waals surface area contributed by atoms with Crippen molar-refractivity contribution in [2.75, 3.05) is 13.2 Å². The number of rotatable bonds is 6. The maximum absolute atomic E-state index is 12.5. The van der Waals surface area contributed by atoms with Gasteiger partial charge in [-0.25, -0.2) is 0 Å². The molecular weight excluding hydrogens is 318 g/mol. The van der Waals surface area contributed by atoms with E-state index in [9.17, 15) is 9.59 Å². The first kappa shape index (κ1) is 17.0. The molecule has 0 bridgehead atoms. The zero-order chi connectivity index (χ0) is 17.5. The zero-order valence-electron chi connectivity index (χ0n) is 13.8. The van der Waals surface area contributed by atoms with Gasteiger partial charge in [-0.05, 0) is 43.2 Å². The lowest BCUT2D eigenvalue weighted by molar-refractivity contribution is -0.118. The van der Waals surface area contributed by atoms with E-state index in [0.717, 1.165) is 25.1 Å². The zero-order valence-corrected chi connectivity index (χ0v) is 13.8. The van der Waals surface area contributed by atoms with Crippen LogP contribution < -0.4 is 10.6 Å². The Hall–Kier alpha value is -2.86. The number of nitrogens with one attached hydrogen (secondary N) is 3. The van der Waals surface area contributed by atoms with E-state index in [1.807, 2.05) is 18.2 Å². The Morgan fingerprint density at radius 1 is 1.20 bits per heavy atom. The largest absolute Gasteiger partial charge is 0.376 e. The lowest BCUT2D eigenvalue weighted by Crippen LogP contribution is -2.38. The van der Waals surface area contributed by atoms with Gasteiger partial charge in [0, 0.05) is 30.6 Å². The number of H-pyrrole nitrogens is 1. The van der Waals surface area contributed by atoms with E-state index in [0.29, 0.717) is 12.1 Å². The topological polar surface area (TPSA) is 83.2 Å². The van der Waals surface area contributed by atoms with Gasteiger partial charge in [-0.15, -0.1) is 0 Å². The highest BCUT2D eigenvalue weighted by Gasteiger charge is 2.19. The maximum atomic E-state index is 12.5. The molecule has 0 radical (unpaired) electrons. The van der Waals surface area contributed by atoms with E-state index in [2.05, 4.69) is 15.6 Å². The maximum Gasteiger partial charge on any atom is 0.267 e. The van der Waals surface area contributed by atoms with Crippen molar-refractivity contribution in [3.63, 3.8) is 0 Å². The first-order valence-corrected chi connectivity index (χ1v) is 8.33. The summed E-state index contributed by atoms with van der Waals surface area (Å²) in [6, 6.07) is 12.4. The first-order valence-electron chi connectivity index (χ1n) is 8.33. The smallest absolute Gasteiger partial charge is 0.267 e. The molecule has 3 rings (SSSR count). The predicted molar refractivity (Wildman–Crippen MR) is 94.7 cm³/mol. The monoisotopic (exact) mass is 339 g/mol. The number of aromatic nitrogens is 1. The first-order chi connectivity index (χ1) is 12.2. The molecule has 1 saturated heterocycles. The number of ether oxygens (including phenoxy) is 1. The van der Waals surface area contributed by atoms with Crippen LogP contribution >= 0.6 is 0 Å². The Morgan fingerprint density at radius 2 is 2.04 bits per heavy atom. The average Bonchev–Trinajstić information content (AvgIpc) is 3.33. The van der Waals surface area contributed by atoms with Crippen molar-refractivity contribution in [1.29, 1.82) is 0 Å². The summed E-state index contributed by atoms with van der Waals surface area (Å²) in [6.07, 6.45) is 5.36. The van der Waals surface area contributed by atoms with Gasteiger partial charge in [0.25, 0.3) is 11.8 Å². The van der Waals surface area contributed by atoms with Gasteiger partial charge in [0.15, 0.2) is 0 Å². The molecule has 130 valence electrons. The van der Waals surface area contributed by atoms with Crippen LogP contribution in [-0.4, -0.2) is 36.1 Å². The van der Waals surface area contributed by atoms with Crippen molar-refractivity contribution in [3.05, 3.63) is 65.6 Å². The molecule has 1 fully saturated rings. The van der Waals surface area contributed by atoms with Crippen LogP contribution in [0, 0.1) is 0 Å². The number of carbonyl (C=O) groups is 2. The Balaban J connectivity index is 1.70. The summed E-state index contributed by atoms with van der Waals surface area (Å²) >= 11 is 0. The van der Waals surface area contributed by atoms with E-state index in [1.165, 1.54) is 0 Å². The van der Waals surface area contributed by atoms with Crippen LogP contribution in [0.5, 0.6) is 0 Å². The van der Waals surface area contributed by atoms with Gasteiger partial charge in [0.05, 0.1) is 6.10 Å². The van der Waals surface area contributed by atoms with Crippen molar-refractivity contribution in [1.82, 2.24) is 15.6 Å². The van der Waals surface area contributed by atoms with E-state index in [1.54, 1.807) is 36.5 Å². The average molecular weight is 339 g/mol. The molecular formula is C19H21N3O3. The van der Waals surface area contributed by atoms with Crippen molar-refractivity contribution >= 4 is 17.9 Å². The molecule has 1 aromatic carbocycles. The number of aromatic amines is 1. The summed E-state index contributed by atoms with van der Waals surface area (Å²) in [4.78, 5) is 27.9. The quantitative estimate of drug-likeness (QED) is 0.705. The van der Waals surface area contributed by atoms with Gasteiger partial charge < -0.3 is 20.4 Å². The summed E-state index contributed by atoms with van der Waals surface area (Å²) in [5, 5.41) is 5.53. The molecule has 0 spiro atoms. The molecule has 0 aliphatic carbocycles. The summed E-state index contributed by atoms with van der Waals surface area (Å²) in [5.74, 6) is -0.667. The summed E-state index contributed by atoms with van der Waals surface area (Å²) in [6.45, 7) is 1.17. The third kappa shape index (κ3) is 4.81. The molecule has 2 aromatic rings. The molecule has 6 heteroatoms. The lowest BCUT2D eigenvalue weighted by atomic mass is 10.2. The molecule has 1 aromatic heterocycles. The van der Waals surface area contributed by atoms with Crippen molar-refractivity contribution in [3.8, 4) is 0 Å². The van der Waals surface area contributed by atoms with Crippen LogP contribution in [0.25, 0.3) is 6.08 Å². The summed E-state index contributed by atoms with van der Waals surface area (Å²) in [5.41, 5.74) is 1.41. The minimum Gasteiger partial charge on any atom is -0.376 e. The van der Waals surface area contributed by atoms with Crippen molar-refractivity contribution in [2.45, 2.75) is 18.9 Å². The Labute approximate surface area is 146 Å². The highest BCUT2D eigenvalue weighted by molar-refractivity contribution is 6.05. The third-order valence-corrected chi connectivity index (χ3v) is 3.96. The van der Waals surface area contributed by atoms with Gasteiger partial charge in [-0.1, -0.05) is 18.2 Å². The molecule has 25 heavy (non-hydrogen) atoms. The van der Waals surface area contributed by atoms with Crippen LogP contribution in [0.1, 0.15) is 28.9 Å². The van der Waals surface area contributed by atoms with E-state index in [4.69, 9.17) is 4.74 Å². The normalized spacial score (nSPS) is 17.3. The van der Waals surface area contributed by atoms with Crippen molar-refractivity contribution in [2.24, 2.45) is 0 Å². The van der Waals surface area contributed by atoms with Gasteiger partial charge in [0.2, 0.25) is 0 Å². The molecule has 1 aliphatic heterocycles. The van der Waals surface area contributed by atoms with Crippen LogP contribution in [0.4, 0.5) is 0 Å². The Kier molecular flexibility index (Phi) is 5.64. The summed E-state index contributed by atoms with van der Waals surface area (Å²) < 4.78 is 5.51. The SMILES string of the molecule is O=C(NCC1CCCO1)/C(=C/c1ccc[nH]1)NC(=O)c1ccccc1. The van der Waals surface area contributed by atoms with Gasteiger partial charge in [-0.2, -0.15) is 0 Å². The van der Waals surface area contributed by atoms with Crippen LogP contribution in [-0.2, 0) is 9.53 Å². The fourth-order valence-corrected chi connectivity index (χ4v) is 2.64. The van der Waals surface area contributed by atoms with Crippen molar-refractivity contribution < 1.29 is 14.3 Å². The molecule has 6 nitrogen and oxygen atoms in total. The Bertz CT molecular complexity index is 733. The fraction of sp³-hybridized carbons (Fsp3) is 0.263. The molecule has 1 atom stereocenters. The van der Waals surface area contributed by atoms with Crippen LogP contribution in [0.2, 0.25) is 0 Å². The van der Waals surface area contributed by atoms with Gasteiger partial charge in [-0.3, -0.25) is 9.59 Å². The van der Waals surface area contributed by atoms with Gasteiger partial charge in [0.1, 0.15) is 5.70 Å². The van der Waals surface area contributed by atoms with Gasteiger partial charge >= 0.3 is 0 Å². The predicted octanol–water partition coefficient (Wildman–Crippen LogP) is 2.08. The third-order valence-electron chi connectivity index (χ3n) is 3.96. The second-order valence-corrected chi connectivity index (χ2v) is 5.85. The minimum absolute atomic E-state index is 0.0421. The van der Waals surface area contributed by atoms with E-state index in [-0.39, 0.29) is 23.6 Å². The number of carbonyl (C=O) groups excluding carboxylic acids is 2. The number of hydrogen-bond donors (Lipinski definition) is 3. The van der Waals surface area contributed by atoms with E-state index < -0.39 is 0 Å². The second-order valence-electron chi connectivity index (χ2n) is 5.85. The van der Waals surface area contributed by atoms with E-state index >= 15 is 0 Å². The highest BCUT2D eigenvalue weighted by atomic mass is 16.5. The lowest BCUT2D eigenvalue weighted by Gasteiger charge is -2.13.